The van der Waals surface area contributed by atoms with Crippen LogP contribution in [0.3, 0.4) is 0 Å². The summed E-state index contributed by atoms with van der Waals surface area (Å²) < 4.78 is 37.9. The average molecular weight is 278 g/mol. The molecule has 0 aromatic carbocycles. The van der Waals surface area contributed by atoms with E-state index in [9.17, 15) is 13.2 Å². The standard InChI is InChI=1S/C14H25F3N2/c1-10(2)7-18-8-11-3-6-13(11)19(12-4-5-12)9-14(15,16)17/h10-13,18H,3-9H2,1-2H3. The van der Waals surface area contributed by atoms with Gasteiger partial charge in [0, 0.05) is 12.1 Å². The van der Waals surface area contributed by atoms with E-state index in [2.05, 4.69) is 19.2 Å². The lowest BCUT2D eigenvalue weighted by Crippen LogP contribution is -2.54. The fraction of sp³-hybridized carbons (Fsp3) is 1.00. The second kappa shape index (κ2) is 6.00. The highest BCUT2D eigenvalue weighted by molar-refractivity contribution is 4.97. The molecule has 19 heavy (non-hydrogen) atoms. The number of hydrogen-bond donors (Lipinski definition) is 1. The Hall–Kier alpha value is -0.290. The molecule has 2 aliphatic carbocycles. The van der Waals surface area contributed by atoms with E-state index in [4.69, 9.17) is 0 Å². The molecule has 2 atom stereocenters. The lowest BCUT2D eigenvalue weighted by atomic mass is 9.78. The number of hydrogen-bond acceptors (Lipinski definition) is 2. The highest BCUT2D eigenvalue weighted by Crippen LogP contribution is 2.40. The van der Waals surface area contributed by atoms with Crippen LogP contribution in [0.4, 0.5) is 13.2 Å². The molecule has 0 aromatic rings. The zero-order valence-corrected chi connectivity index (χ0v) is 11.8. The van der Waals surface area contributed by atoms with E-state index in [-0.39, 0.29) is 12.1 Å². The maximum absolute atomic E-state index is 12.6. The van der Waals surface area contributed by atoms with Gasteiger partial charge in [-0.25, -0.2) is 0 Å². The molecule has 2 unspecified atom stereocenters. The van der Waals surface area contributed by atoms with Crippen LogP contribution in [0, 0.1) is 11.8 Å². The number of rotatable bonds is 7. The molecular weight excluding hydrogens is 253 g/mol. The van der Waals surface area contributed by atoms with Crippen molar-refractivity contribution in [3.8, 4) is 0 Å². The Balaban J connectivity index is 1.81. The van der Waals surface area contributed by atoms with Crippen molar-refractivity contribution in [2.24, 2.45) is 11.8 Å². The average Bonchev–Trinajstić information content (AvgIpc) is 3.02. The van der Waals surface area contributed by atoms with E-state index >= 15 is 0 Å². The molecule has 2 saturated carbocycles. The first-order chi connectivity index (χ1) is 8.87. The lowest BCUT2D eigenvalue weighted by molar-refractivity contribution is -0.160. The van der Waals surface area contributed by atoms with E-state index in [0.29, 0.717) is 11.8 Å². The highest BCUT2D eigenvalue weighted by atomic mass is 19.4. The van der Waals surface area contributed by atoms with Crippen LogP contribution < -0.4 is 5.32 Å². The van der Waals surface area contributed by atoms with Gasteiger partial charge in [0.2, 0.25) is 0 Å². The predicted octanol–water partition coefficient (Wildman–Crippen LogP) is 3.04. The number of halogens is 3. The normalized spacial score (nSPS) is 27.9. The molecule has 0 amide bonds. The summed E-state index contributed by atoms with van der Waals surface area (Å²) in [6, 6.07) is 0.341. The summed E-state index contributed by atoms with van der Waals surface area (Å²) in [5.74, 6) is 0.995. The minimum atomic E-state index is -4.06. The largest absolute Gasteiger partial charge is 0.401 e. The molecule has 0 radical (unpaired) electrons. The van der Waals surface area contributed by atoms with Gasteiger partial charge >= 0.3 is 6.18 Å². The predicted molar refractivity (Wildman–Crippen MR) is 70.0 cm³/mol. The van der Waals surface area contributed by atoms with Gasteiger partial charge in [0.25, 0.3) is 0 Å². The molecule has 2 aliphatic rings. The molecule has 1 N–H and O–H groups in total. The summed E-state index contributed by atoms with van der Waals surface area (Å²) >= 11 is 0. The first-order valence-corrected chi connectivity index (χ1v) is 7.40. The van der Waals surface area contributed by atoms with Crippen LogP contribution in [0.1, 0.15) is 39.5 Å². The van der Waals surface area contributed by atoms with Gasteiger partial charge in [0.1, 0.15) is 0 Å². The third-order valence-electron chi connectivity index (χ3n) is 4.14. The SMILES string of the molecule is CC(C)CNCC1CCC1N(CC(F)(F)F)C1CC1. The van der Waals surface area contributed by atoms with Crippen molar-refractivity contribution in [3.05, 3.63) is 0 Å². The van der Waals surface area contributed by atoms with Crippen LogP contribution in [0.2, 0.25) is 0 Å². The van der Waals surface area contributed by atoms with Crippen molar-refractivity contribution in [1.82, 2.24) is 10.2 Å². The zero-order chi connectivity index (χ0) is 14.0. The van der Waals surface area contributed by atoms with Gasteiger partial charge in [0.15, 0.2) is 0 Å². The Labute approximate surface area is 113 Å². The zero-order valence-electron chi connectivity index (χ0n) is 11.8. The first kappa shape index (κ1) is 15.1. The van der Waals surface area contributed by atoms with Crippen LogP contribution in [-0.2, 0) is 0 Å². The van der Waals surface area contributed by atoms with Crippen molar-refractivity contribution < 1.29 is 13.2 Å². The maximum atomic E-state index is 12.6. The Bertz CT molecular complexity index is 287. The van der Waals surface area contributed by atoms with Crippen molar-refractivity contribution in [1.29, 1.82) is 0 Å². The van der Waals surface area contributed by atoms with E-state index in [1.54, 1.807) is 4.90 Å². The molecule has 2 nitrogen and oxygen atoms in total. The Morgan fingerprint density at radius 2 is 1.84 bits per heavy atom. The van der Waals surface area contributed by atoms with Gasteiger partial charge in [-0.1, -0.05) is 13.8 Å². The number of nitrogens with zero attached hydrogens (tertiary/aromatic N) is 1. The molecule has 2 fully saturated rings. The summed E-state index contributed by atoms with van der Waals surface area (Å²) in [5, 5.41) is 3.39. The summed E-state index contributed by atoms with van der Waals surface area (Å²) in [5.41, 5.74) is 0. The van der Waals surface area contributed by atoms with Crippen molar-refractivity contribution in [2.75, 3.05) is 19.6 Å². The van der Waals surface area contributed by atoms with E-state index < -0.39 is 12.7 Å². The fourth-order valence-electron chi connectivity index (χ4n) is 2.91. The van der Waals surface area contributed by atoms with Gasteiger partial charge in [-0.05, 0) is 50.6 Å². The van der Waals surface area contributed by atoms with Crippen molar-refractivity contribution in [3.63, 3.8) is 0 Å². The van der Waals surface area contributed by atoms with Gasteiger partial charge in [-0.15, -0.1) is 0 Å². The van der Waals surface area contributed by atoms with Crippen molar-refractivity contribution in [2.45, 2.75) is 57.8 Å². The lowest BCUT2D eigenvalue weighted by Gasteiger charge is -2.45. The van der Waals surface area contributed by atoms with Crippen LogP contribution in [-0.4, -0.2) is 42.8 Å². The fourth-order valence-corrected chi connectivity index (χ4v) is 2.91. The second-order valence-corrected chi connectivity index (χ2v) is 6.48. The molecule has 0 heterocycles. The molecule has 0 aliphatic heterocycles. The summed E-state index contributed by atoms with van der Waals surface area (Å²) in [6.07, 6.45) is -0.178. The third kappa shape index (κ3) is 4.63. The maximum Gasteiger partial charge on any atom is 0.401 e. The molecule has 0 saturated heterocycles. The molecule has 0 aromatic heterocycles. The first-order valence-electron chi connectivity index (χ1n) is 7.40. The van der Waals surface area contributed by atoms with Gasteiger partial charge in [-0.2, -0.15) is 13.2 Å². The van der Waals surface area contributed by atoms with Gasteiger partial charge in [-0.3, -0.25) is 4.90 Å². The molecule has 0 spiro atoms. The minimum absolute atomic E-state index is 0.147. The summed E-state index contributed by atoms with van der Waals surface area (Å²) in [7, 11) is 0. The highest BCUT2D eigenvalue weighted by Gasteiger charge is 2.46. The van der Waals surface area contributed by atoms with Crippen LogP contribution >= 0.6 is 0 Å². The van der Waals surface area contributed by atoms with E-state index in [1.807, 2.05) is 0 Å². The van der Waals surface area contributed by atoms with Gasteiger partial charge < -0.3 is 5.32 Å². The Morgan fingerprint density at radius 1 is 1.16 bits per heavy atom. The monoisotopic (exact) mass is 278 g/mol. The second-order valence-electron chi connectivity index (χ2n) is 6.48. The quantitative estimate of drug-likeness (QED) is 0.770. The third-order valence-corrected chi connectivity index (χ3v) is 4.14. The number of alkyl halides is 3. The van der Waals surface area contributed by atoms with Gasteiger partial charge in [0.05, 0.1) is 6.54 Å². The van der Waals surface area contributed by atoms with Crippen molar-refractivity contribution >= 4 is 0 Å². The molecule has 112 valence electrons. The smallest absolute Gasteiger partial charge is 0.316 e. The molecular formula is C14H25F3N2. The molecule has 2 rings (SSSR count). The Kier molecular flexibility index (Phi) is 4.77. The number of nitrogens with one attached hydrogen (secondary N) is 1. The summed E-state index contributed by atoms with van der Waals surface area (Å²) in [4.78, 5) is 1.73. The topological polar surface area (TPSA) is 15.3 Å². The minimum Gasteiger partial charge on any atom is -0.316 e. The van der Waals surface area contributed by atoms with Crippen LogP contribution in [0.25, 0.3) is 0 Å². The Morgan fingerprint density at radius 3 is 2.26 bits per heavy atom. The van der Waals surface area contributed by atoms with E-state index in [1.165, 1.54) is 0 Å². The van der Waals surface area contributed by atoms with Crippen LogP contribution in [0.15, 0.2) is 0 Å². The summed E-state index contributed by atoms with van der Waals surface area (Å²) in [6.45, 7) is 5.38. The molecule has 5 heteroatoms. The van der Waals surface area contributed by atoms with E-state index in [0.717, 1.165) is 38.8 Å². The molecule has 0 bridgehead atoms. The van der Waals surface area contributed by atoms with Crippen LogP contribution in [0.5, 0.6) is 0 Å².